The van der Waals surface area contributed by atoms with Gasteiger partial charge in [0.2, 0.25) is 0 Å². The zero-order valence-corrected chi connectivity index (χ0v) is 29.5. The molecule has 3 atom stereocenters. The number of carboxylic acids is 1. The maximum atomic E-state index is 12.5. The van der Waals surface area contributed by atoms with Gasteiger partial charge in [-0.25, -0.2) is 4.57 Å². The van der Waals surface area contributed by atoms with E-state index < -0.39 is 51.1 Å². The van der Waals surface area contributed by atoms with Crippen molar-refractivity contribution in [3.63, 3.8) is 0 Å². The summed E-state index contributed by atoms with van der Waals surface area (Å²) in [5, 5.41) is 8.83. The number of nitrogens with two attached hydrogens (primary N) is 1. The molecule has 0 radical (unpaired) electrons. The molecule has 0 aliphatic carbocycles. The molecule has 11 nitrogen and oxygen atoms in total. The van der Waals surface area contributed by atoms with Crippen molar-refractivity contribution in [1.82, 2.24) is 0 Å². The first-order valence-corrected chi connectivity index (χ1v) is 18.7. The van der Waals surface area contributed by atoms with Crippen LogP contribution in [0.15, 0.2) is 48.6 Å². The number of unbranched alkanes of at least 4 members (excludes halogenated alkanes) is 12. The van der Waals surface area contributed by atoms with Gasteiger partial charge in [-0.3, -0.25) is 23.4 Å². The SMILES string of the molecule is CC/C=C/C=C/C=C/C=C/CCCCCCCC(=O)O[C@@H](COC(=O)CCCCCCCCCC)COP(=O)(O)OC[C@H](N)C(=O)O. The third kappa shape index (κ3) is 30.5. The average molecular weight is 686 g/mol. The number of carbonyl (C=O) groups excluding carboxylic acids is 2. The van der Waals surface area contributed by atoms with Gasteiger partial charge in [0.1, 0.15) is 12.6 Å². The molecule has 0 saturated heterocycles. The third-order valence-electron chi connectivity index (χ3n) is 6.94. The molecule has 0 amide bonds. The minimum Gasteiger partial charge on any atom is -0.480 e. The van der Waals surface area contributed by atoms with Gasteiger partial charge in [0.15, 0.2) is 6.10 Å². The lowest BCUT2D eigenvalue weighted by Gasteiger charge is -2.20. The fourth-order valence-corrected chi connectivity index (χ4v) is 4.97. The molecular weight excluding hydrogens is 625 g/mol. The number of carboxylic acid groups (broad SMARTS) is 1. The highest BCUT2D eigenvalue weighted by Crippen LogP contribution is 2.43. The van der Waals surface area contributed by atoms with Crippen molar-refractivity contribution in [2.75, 3.05) is 19.8 Å². The van der Waals surface area contributed by atoms with E-state index in [1.165, 1.54) is 25.7 Å². The second-order valence-corrected chi connectivity index (χ2v) is 12.8. The number of esters is 2. The molecule has 47 heavy (non-hydrogen) atoms. The zero-order valence-electron chi connectivity index (χ0n) is 28.6. The number of phosphoric ester groups is 1. The Hall–Kier alpha value is -2.56. The second-order valence-electron chi connectivity index (χ2n) is 11.4. The van der Waals surface area contributed by atoms with E-state index in [4.69, 9.17) is 24.8 Å². The molecule has 0 fully saturated rings. The number of ether oxygens (including phenoxy) is 2. The molecule has 0 aromatic carbocycles. The van der Waals surface area contributed by atoms with E-state index in [9.17, 15) is 23.8 Å². The van der Waals surface area contributed by atoms with Crippen LogP contribution in [0.2, 0.25) is 0 Å². The monoisotopic (exact) mass is 685 g/mol. The summed E-state index contributed by atoms with van der Waals surface area (Å²) in [6.45, 7) is 2.56. The van der Waals surface area contributed by atoms with Crippen molar-refractivity contribution in [3.05, 3.63) is 48.6 Å². The number of carbonyl (C=O) groups is 3. The van der Waals surface area contributed by atoms with Gasteiger partial charge in [0.25, 0.3) is 0 Å². The third-order valence-corrected chi connectivity index (χ3v) is 7.89. The highest BCUT2D eigenvalue weighted by atomic mass is 31.2. The smallest absolute Gasteiger partial charge is 0.472 e. The molecular formula is C35H60NO10P. The fraction of sp³-hybridized carbons (Fsp3) is 0.686. The first kappa shape index (κ1) is 44.4. The standard InChI is InChI=1S/C35H60NO10P/c1-3-5-7-9-11-13-14-15-16-17-18-19-21-23-25-27-34(38)46-31(29-44-47(41,42)45-30-32(36)35(39)40)28-43-33(37)26-24-22-20-12-10-8-6-4-2/h5,7,9,11,13-16,31-32H,3-4,6,8,10,12,17-30,36H2,1-2H3,(H,39,40)(H,41,42)/b7-5+,11-9+,14-13+,16-15+/t31-,32-/m0/s1. The maximum Gasteiger partial charge on any atom is 0.472 e. The van der Waals surface area contributed by atoms with Crippen LogP contribution in [-0.4, -0.2) is 59.9 Å². The number of aliphatic carboxylic acids is 1. The van der Waals surface area contributed by atoms with Gasteiger partial charge in [-0.15, -0.1) is 0 Å². The predicted molar refractivity (Wildman–Crippen MR) is 185 cm³/mol. The van der Waals surface area contributed by atoms with Gasteiger partial charge in [-0.2, -0.15) is 0 Å². The number of allylic oxidation sites excluding steroid dienone is 8. The number of rotatable bonds is 31. The highest BCUT2D eigenvalue weighted by Gasteiger charge is 2.28. The van der Waals surface area contributed by atoms with E-state index in [1.54, 1.807) is 0 Å². The Balaban J connectivity index is 4.54. The van der Waals surface area contributed by atoms with Crippen molar-refractivity contribution in [3.8, 4) is 0 Å². The summed E-state index contributed by atoms with van der Waals surface area (Å²) in [4.78, 5) is 45.5. The van der Waals surface area contributed by atoms with Crippen LogP contribution >= 0.6 is 7.82 Å². The van der Waals surface area contributed by atoms with Gasteiger partial charge in [0.05, 0.1) is 13.2 Å². The molecule has 0 bridgehead atoms. The van der Waals surface area contributed by atoms with Crippen LogP contribution in [0.25, 0.3) is 0 Å². The molecule has 270 valence electrons. The summed E-state index contributed by atoms with van der Waals surface area (Å²) in [7, 11) is -4.71. The summed E-state index contributed by atoms with van der Waals surface area (Å²) in [5.41, 5.74) is 5.29. The van der Waals surface area contributed by atoms with Crippen molar-refractivity contribution < 1.29 is 47.5 Å². The van der Waals surface area contributed by atoms with Crippen LogP contribution in [0.5, 0.6) is 0 Å². The number of hydrogen-bond donors (Lipinski definition) is 3. The van der Waals surface area contributed by atoms with Gasteiger partial charge >= 0.3 is 25.7 Å². The molecule has 0 heterocycles. The molecule has 0 aliphatic heterocycles. The number of phosphoric acid groups is 1. The molecule has 0 saturated carbocycles. The average Bonchev–Trinajstić information content (AvgIpc) is 3.04. The lowest BCUT2D eigenvalue weighted by atomic mass is 10.1. The molecule has 0 rings (SSSR count). The lowest BCUT2D eigenvalue weighted by molar-refractivity contribution is -0.161. The molecule has 0 aromatic heterocycles. The van der Waals surface area contributed by atoms with Gasteiger partial charge < -0.3 is 25.2 Å². The first-order chi connectivity index (χ1) is 22.6. The van der Waals surface area contributed by atoms with Crippen molar-refractivity contribution in [2.45, 2.75) is 135 Å². The molecule has 0 aromatic rings. The van der Waals surface area contributed by atoms with E-state index >= 15 is 0 Å². The Morgan fingerprint density at radius 3 is 1.79 bits per heavy atom. The quantitative estimate of drug-likeness (QED) is 0.0280. The van der Waals surface area contributed by atoms with Crippen LogP contribution in [0, 0.1) is 0 Å². The summed E-state index contributed by atoms with van der Waals surface area (Å²) in [6, 6.07) is -1.52. The molecule has 4 N–H and O–H groups in total. The van der Waals surface area contributed by atoms with Crippen LogP contribution in [0.1, 0.15) is 123 Å². The molecule has 0 spiro atoms. The summed E-state index contributed by atoms with van der Waals surface area (Å²) in [5.74, 6) is -2.42. The van der Waals surface area contributed by atoms with Gasteiger partial charge in [-0.1, -0.05) is 127 Å². The molecule has 12 heteroatoms. The summed E-state index contributed by atoms with van der Waals surface area (Å²) < 4.78 is 32.4. The van der Waals surface area contributed by atoms with Crippen LogP contribution < -0.4 is 5.73 Å². The highest BCUT2D eigenvalue weighted by molar-refractivity contribution is 7.47. The number of hydrogen-bond acceptors (Lipinski definition) is 9. The van der Waals surface area contributed by atoms with Crippen molar-refractivity contribution in [1.29, 1.82) is 0 Å². The minimum absolute atomic E-state index is 0.134. The Bertz CT molecular complexity index is 995. The van der Waals surface area contributed by atoms with Crippen LogP contribution in [0.3, 0.4) is 0 Å². The van der Waals surface area contributed by atoms with E-state index in [0.29, 0.717) is 12.8 Å². The van der Waals surface area contributed by atoms with Crippen LogP contribution in [0.4, 0.5) is 0 Å². The topological polar surface area (TPSA) is 172 Å². The minimum atomic E-state index is -4.71. The molecule has 0 aliphatic rings. The van der Waals surface area contributed by atoms with E-state index in [0.717, 1.165) is 57.8 Å². The van der Waals surface area contributed by atoms with Crippen molar-refractivity contribution >= 4 is 25.7 Å². The Labute approximate surface area is 282 Å². The lowest BCUT2D eigenvalue weighted by Crippen LogP contribution is -2.34. The van der Waals surface area contributed by atoms with E-state index in [2.05, 4.69) is 30.5 Å². The van der Waals surface area contributed by atoms with Gasteiger partial charge in [0, 0.05) is 12.8 Å². The Kier molecular flexibility index (Phi) is 29.1. The van der Waals surface area contributed by atoms with E-state index in [-0.39, 0.29) is 19.4 Å². The Morgan fingerprint density at radius 1 is 0.681 bits per heavy atom. The molecule has 1 unspecified atom stereocenters. The van der Waals surface area contributed by atoms with E-state index in [1.807, 2.05) is 36.5 Å². The summed E-state index contributed by atoms with van der Waals surface area (Å²) >= 11 is 0. The first-order valence-electron chi connectivity index (χ1n) is 17.2. The zero-order chi connectivity index (χ0) is 35.0. The normalized spacial score (nSPS) is 14.6. The maximum absolute atomic E-state index is 12.5. The Morgan fingerprint density at radius 2 is 1.19 bits per heavy atom. The fourth-order valence-electron chi connectivity index (χ4n) is 4.19. The predicted octanol–water partition coefficient (Wildman–Crippen LogP) is 7.88. The van der Waals surface area contributed by atoms with Crippen molar-refractivity contribution in [2.24, 2.45) is 5.73 Å². The summed E-state index contributed by atoms with van der Waals surface area (Å²) in [6.07, 6.45) is 30.6. The van der Waals surface area contributed by atoms with Crippen LogP contribution in [-0.2, 0) is 37.5 Å². The largest absolute Gasteiger partial charge is 0.480 e. The van der Waals surface area contributed by atoms with Gasteiger partial charge in [-0.05, 0) is 32.1 Å². The second kappa shape index (κ2) is 30.8.